The maximum Gasteiger partial charge on any atom is 0.242 e. The van der Waals surface area contributed by atoms with Crippen LogP contribution in [-0.4, -0.2) is 17.0 Å². The van der Waals surface area contributed by atoms with Crippen LogP contribution in [0.3, 0.4) is 0 Å². The van der Waals surface area contributed by atoms with Crippen molar-refractivity contribution >= 4 is 74.2 Å². The van der Waals surface area contributed by atoms with E-state index in [1.54, 1.807) is 0 Å². The van der Waals surface area contributed by atoms with E-state index in [1.165, 1.54) is 26.7 Å². The molecule has 5 nitrogen and oxygen atoms in total. The van der Waals surface area contributed by atoms with Crippen LogP contribution in [0.15, 0.2) is 158 Å². The monoisotopic (exact) mass is 638 g/mol. The average Bonchev–Trinajstić information content (AvgIpc) is 3.53. The first-order valence-electron chi connectivity index (χ1n) is 16.2. The molecule has 0 atom stereocenters. The highest BCUT2D eigenvalue weighted by molar-refractivity contribution is 7.80. The number of nitrogens with zero attached hydrogens (tertiary/aromatic N) is 4. The van der Waals surface area contributed by atoms with E-state index in [2.05, 4.69) is 185 Å². The molecule has 48 heavy (non-hydrogen) atoms. The number of rotatable bonds is 5. The first kappa shape index (κ1) is 28.5. The number of imidazole rings is 1. The number of para-hydroxylation sites is 3. The molecule has 0 saturated heterocycles. The van der Waals surface area contributed by atoms with Crippen molar-refractivity contribution in [3.05, 3.63) is 158 Å². The van der Waals surface area contributed by atoms with Crippen molar-refractivity contribution in [3.63, 3.8) is 0 Å². The zero-order valence-corrected chi connectivity index (χ0v) is 27.6. The number of benzene rings is 6. The second-order valence-corrected chi connectivity index (χ2v) is 14.4. The number of pyridine rings is 1. The second kappa shape index (κ2) is 11.5. The van der Waals surface area contributed by atoms with E-state index >= 15 is 0 Å². The van der Waals surface area contributed by atoms with Crippen LogP contribution in [0.1, 0.15) is 0 Å². The fourth-order valence-electron chi connectivity index (χ4n) is 7.08. The third-order valence-electron chi connectivity index (χ3n) is 9.37. The van der Waals surface area contributed by atoms with Crippen LogP contribution in [-0.2, 0) is 7.05 Å². The Morgan fingerprint density at radius 2 is 1.31 bits per heavy atom. The summed E-state index contributed by atoms with van der Waals surface area (Å²) in [5, 5.41) is 6.50. The molecule has 9 rings (SSSR count). The lowest BCUT2D eigenvalue weighted by molar-refractivity contribution is -0.644. The molecule has 1 aliphatic rings. The molecule has 230 valence electrons. The quantitative estimate of drug-likeness (QED) is 0.152. The van der Waals surface area contributed by atoms with Gasteiger partial charge in [0.05, 0.1) is 41.1 Å². The molecule has 1 N–H and O–H groups in total. The van der Waals surface area contributed by atoms with Gasteiger partial charge in [-0.3, -0.25) is 4.90 Å². The summed E-state index contributed by atoms with van der Waals surface area (Å²) in [6.07, 6.45) is 1.99. The first-order valence-corrected chi connectivity index (χ1v) is 17.5. The number of hydrogen-bond acceptors (Lipinski definition) is 3. The highest BCUT2D eigenvalue weighted by atomic mass is 31.1. The minimum absolute atomic E-state index is 0.795. The summed E-state index contributed by atoms with van der Waals surface area (Å²) < 4.78 is 2.11. The minimum atomic E-state index is -0.795. The van der Waals surface area contributed by atoms with Gasteiger partial charge in [0, 0.05) is 7.05 Å². The van der Waals surface area contributed by atoms with Gasteiger partial charge in [0.2, 0.25) is 6.33 Å². The summed E-state index contributed by atoms with van der Waals surface area (Å²) in [5.74, 6) is 0.882. The molecule has 0 radical (unpaired) electrons. The number of aromatic nitrogens is 3. The van der Waals surface area contributed by atoms with Crippen molar-refractivity contribution in [3.8, 4) is 11.3 Å². The summed E-state index contributed by atoms with van der Waals surface area (Å²) >= 11 is 0. The van der Waals surface area contributed by atoms with E-state index in [0.29, 0.717) is 0 Å². The molecule has 0 aliphatic carbocycles. The largest absolute Gasteiger partial charge is 0.341 e. The van der Waals surface area contributed by atoms with E-state index in [9.17, 15) is 0 Å². The molecule has 0 unspecified atom stereocenters. The summed E-state index contributed by atoms with van der Waals surface area (Å²) in [6.45, 7) is 0. The van der Waals surface area contributed by atoms with Gasteiger partial charge in [0.15, 0.2) is 11.0 Å². The van der Waals surface area contributed by atoms with Gasteiger partial charge >= 0.3 is 0 Å². The lowest BCUT2D eigenvalue weighted by Gasteiger charge is -2.38. The third kappa shape index (κ3) is 4.58. The predicted molar refractivity (Wildman–Crippen MR) is 202 cm³/mol. The Bertz CT molecular complexity index is 2420. The molecular formula is C42H33N5P+. The molecular weight excluding hydrogens is 605 g/mol. The Morgan fingerprint density at radius 1 is 0.625 bits per heavy atom. The van der Waals surface area contributed by atoms with Gasteiger partial charge in [0.1, 0.15) is 5.82 Å². The zero-order valence-electron chi connectivity index (χ0n) is 26.7. The van der Waals surface area contributed by atoms with E-state index in [0.717, 1.165) is 50.9 Å². The average molecular weight is 639 g/mol. The van der Waals surface area contributed by atoms with Crippen LogP contribution in [0.2, 0.25) is 0 Å². The molecule has 0 bridgehead atoms. The lowest BCUT2D eigenvalue weighted by Crippen LogP contribution is -2.25. The van der Waals surface area contributed by atoms with Crippen LogP contribution < -0.4 is 30.3 Å². The van der Waals surface area contributed by atoms with Crippen molar-refractivity contribution in [1.82, 2.24) is 9.97 Å². The Balaban J connectivity index is 1.28. The van der Waals surface area contributed by atoms with E-state index in [4.69, 9.17) is 4.98 Å². The van der Waals surface area contributed by atoms with Crippen molar-refractivity contribution in [1.29, 1.82) is 0 Å². The van der Waals surface area contributed by atoms with Gasteiger partial charge in [-0.2, -0.15) is 0 Å². The number of nitrogens with one attached hydrogen (secondary N) is 1. The maximum atomic E-state index is 5.36. The molecule has 6 aromatic carbocycles. The second-order valence-electron chi connectivity index (χ2n) is 12.2. The molecule has 0 amide bonds. The van der Waals surface area contributed by atoms with Crippen molar-refractivity contribution in [2.24, 2.45) is 7.05 Å². The van der Waals surface area contributed by atoms with Gasteiger partial charge in [-0.1, -0.05) is 103 Å². The van der Waals surface area contributed by atoms with Gasteiger partial charge in [0.25, 0.3) is 0 Å². The molecule has 3 heterocycles. The number of aryl methyl sites for hydroxylation is 1. The molecule has 6 heteroatoms. The van der Waals surface area contributed by atoms with E-state index in [1.807, 2.05) is 6.33 Å². The molecule has 8 aromatic rings. The molecule has 1 aliphatic heterocycles. The number of H-pyrrole nitrogens is 1. The first-order chi connectivity index (χ1) is 23.7. The summed E-state index contributed by atoms with van der Waals surface area (Å²) in [5.41, 5.74) is 8.73. The molecule has 0 saturated carbocycles. The van der Waals surface area contributed by atoms with Crippen LogP contribution in [0, 0.1) is 0 Å². The summed E-state index contributed by atoms with van der Waals surface area (Å²) in [6, 6.07) is 54.8. The Morgan fingerprint density at radius 3 is 2.08 bits per heavy atom. The van der Waals surface area contributed by atoms with Crippen molar-refractivity contribution in [2.45, 2.75) is 0 Å². The minimum Gasteiger partial charge on any atom is -0.341 e. The number of hydrogen-bond donors (Lipinski definition) is 1. The normalized spacial score (nSPS) is 12.5. The summed E-state index contributed by atoms with van der Waals surface area (Å²) in [4.78, 5) is 13.5. The van der Waals surface area contributed by atoms with Crippen LogP contribution in [0.4, 0.5) is 28.6 Å². The van der Waals surface area contributed by atoms with Crippen molar-refractivity contribution < 1.29 is 4.57 Å². The number of fused-ring (bicyclic) bond motifs is 4. The highest BCUT2D eigenvalue weighted by Gasteiger charge is 2.30. The van der Waals surface area contributed by atoms with Gasteiger partial charge < -0.3 is 4.90 Å². The van der Waals surface area contributed by atoms with Crippen LogP contribution in [0.25, 0.3) is 33.1 Å². The standard InChI is InChI=1S/C42H32N5P/c1-45-28-43-42-32(19-12-23-37(42)45)34-20-13-25-41(44-34)47-36-22-10-9-21-35(36)46(2)38-26-29-14-11-24-40(33(29)27-39(38)47)48(30-15-5-3-6-16-30)31-17-7-4-8-18-31/h3-28H,1-2H3/p+1. The molecule has 0 fully saturated rings. The molecule has 2 aromatic heterocycles. The van der Waals surface area contributed by atoms with Gasteiger partial charge in [-0.25, -0.2) is 14.5 Å². The zero-order chi connectivity index (χ0) is 32.2. The SMILES string of the molecule is CN1c2ccccc2N(c2cccc(-c3cccc4c3[nH]c[n+]4C)n2)c2cc3c(P(c4ccccc4)c4ccccc4)cccc3cc21. The Hall–Kier alpha value is -5.77. The smallest absolute Gasteiger partial charge is 0.242 e. The summed E-state index contributed by atoms with van der Waals surface area (Å²) in [7, 11) is 3.43. The van der Waals surface area contributed by atoms with Crippen LogP contribution in [0.5, 0.6) is 0 Å². The van der Waals surface area contributed by atoms with Crippen LogP contribution >= 0.6 is 7.92 Å². The van der Waals surface area contributed by atoms with Crippen molar-refractivity contribution in [2.75, 3.05) is 16.8 Å². The Kier molecular flexibility index (Phi) is 6.81. The number of aromatic amines is 1. The van der Waals surface area contributed by atoms with E-state index < -0.39 is 7.92 Å². The fourth-order valence-corrected chi connectivity index (χ4v) is 9.55. The van der Waals surface area contributed by atoms with E-state index in [-0.39, 0.29) is 0 Å². The highest BCUT2D eigenvalue weighted by Crippen LogP contribution is 2.52. The Labute approximate surface area is 281 Å². The fraction of sp³-hybridized carbons (Fsp3) is 0.0476. The predicted octanol–water partition coefficient (Wildman–Crippen LogP) is 8.52. The van der Waals surface area contributed by atoms with Gasteiger partial charge in [-0.05, 0) is 83.1 Å². The third-order valence-corrected chi connectivity index (χ3v) is 11.9. The topological polar surface area (TPSA) is 39.0 Å². The van der Waals surface area contributed by atoms with Gasteiger partial charge in [-0.15, -0.1) is 0 Å². The number of anilines is 5. The lowest BCUT2D eigenvalue weighted by atomic mass is 10.0. The molecule has 0 spiro atoms. The maximum absolute atomic E-state index is 5.36.